The Morgan fingerprint density at radius 2 is 1.95 bits per heavy atom. The highest BCUT2D eigenvalue weighted by Gasteiger charge is 2.12. The number of benzene rings is 1. The molecule has 5 heteroatoms. The Morgan fingerprint density at radius 3 is 2.64 bits per heavy atom. The molecule has 2 aromatic rings. The second-order valence-corrected chi connectivity index (χ2v) is 5.42. The van der Waals surface area contributed by atoms with E-state index in [1.807, 2.05) is 31.2 Å². The zero-order chi connectivity index (χ0) is 15.8. The average Bonchev–Trinajstić information content (AvgIpc) is 2.93. The highest BCUT2D eigenvalue weighted by Crippen LogP contribution is 2.15. The molecule has 5 nitrogen and oxygen atoms in total. The molecule has 1 aromatic heterocycles. The van der Waals surface area contributed by atoms with Gasteiger partial charge in [-0.05, 0) is 25.5 Å². The number of carbonyl (C=O) groups excluding carboxylic acids is 1. The summed E-state index contributed by atoms with van der Waals surface area (Å²) in [6.07, 6.45) is 5.34. The maximum atomic E-state index is 11.1. The molecule has 0 unspecified atom stereocenters. The van der Waals surface area contributed by atoms with Gasteiger partial charge in [-0.2, -0.15) is 0 Å². The first kappa shape index (κ1) is 16.2. The normalized spacial score (nSPS) is 10.6. The van der Waals surface area contributed by atoms with Gasteiger partial charge in [0.1, 0.15) is 18.1 Å². The van der Waals surface area contributed by atoms with Crippen molar-refractivity contribution in [2.45, 2.75) is 52.7 Å². The van der Waals surface area contributed by atoms with E-state index in [-0.39, 0.29) is 0 Å². The Bertz CT molecular complexity index is 590. The van der Waals surface area contributed by atoms with Crippen LogP contribution in [0.3, 0.4) is 0 Å². The second kappa shape index (κ2) is 8.32. The molecule has 0 saturated heterocycles. The fourth-order valence-corrected chi connectivity index (χ4v) is 2.24. The molecule has 1 heterocycles. The number of unbranched alkanes of at least 4 members (excludes halogenated alkanes) is 3. The van der Waals surface area contributed by atoms with Crippen LogP contribution in [0, 0.1) is 6.92 Å². The van der Waals surface area contributed by atoms with E-state index in [9.17, 15) is 4.79 Å². The minimum absolute atomic E-state index is 0.303. The minimum Gasteiger partial charge on any atom is -0.487 e. The lowest BCUT2D eigenvalue weighted by molar-refractivity contribution is 0.111. The van der Waals surface area contributed by atoms with Crippen LogP contribution in [0.25, 0.3) is 0 Å². The van der Waals surface area contributed by atoms with Crippen LogP contribution >= 0.6 is 0 Å². The third-order valence-corrected chi connectivity index (χ3v) is 3.60. The van der Waals surface area contributed by atoms with Gasteiger partial charge >= 0.3 is 0 Å². The molecule has 1 aromatic carbocycles. The second-order valence-electron chi connectivity index (χ2n) is 5.42. The van der Waals surface area contributed by atoms with Crippen molar-refractivity contribution in [3.63, 3.8) is 0 Å². The molecule has 22 heavy (non-hydrogen) atoms. The number of aldehydes is 1. The lowest BCUT2D eigenvalue weighted by Gasteiger charge is -2.09. The first-order chi connectivity index (χ1) is 10.7. The number of nitrogens with zero attached hydrogens (tertiary/aromatic N) is 3. The molecule has 0 bridgehead atoms. The number of carbonyl (C=O) groups is 1. The van der Waals surface area contributed by atoms with Crippen LogP contribution in [0.15, 0.2) is 24.3 Å². The maximum Gasteiger partial charge on any atom is 0.172 e. The average molecular weight is 301 g/mol. The molecule has 0 spiro atoms. The van der Waals surface area contributed by atoms with Crippen molar-refractivity contribution < 1.29 is 9.53 Å². The van der Waals surface area contributed by atoms with Crippen molar-refractivity contribution in [3.8, 4) is 5.75 Å². The number of rotatable bonds is 9. The van der Waals surface area contributed by atoms with Gasteiger partial charge in [0.2, 0.25) is 0 Å². The first-order valence-electron chi connectivity index (χ1n) is 7.81. The quantitative estimate of drug-likeness (QED) is 0.525. The fourth-order valence-electron chi connectivity index (χ4n) is 2.24. The summed E-state index contributed by atoms with van der Waals surface area (Å²) in [6.45, 7) is 5.29. The summed E-state index contributed by atoms with van der Waals surface area (Å²) in [4.78, 5) is 11.1. The van der Waals surface area contributed by atoms with Crippen LogP contribution in [0.4, 0.5) is 0 Å². The van der Waals surface area contributed by atoms with E-state index in [0.29, 0.717) is 12.3 Å². The fraction of sp³-hybridized carbons (Fsp3) is 0.471. The monoisotopic (exact) mass is 301 g/mol. The topological polar surface area (TPSA) is 57.0 Å². The molecular formula is C17H23N3O2. The first-order valence-corrected chi connectivity index (χ1v) is 7.81. The Labute approximate surface area is 131 Å². The molecule has 0 amide bonds. The van der Waals surface area contributed by atoms with Crippen molar-refractivity contribution in [2.24, 2.45) is 0 Å². The van der Waals surface area contributed by atoms with Gasteiger partial charge in [0.15, 0.2) is 12.0 Å². The van der Waals surface area contributed by atoms with Crippen molar-refractivity contribution in [1.82, 2.24) is 15.0 Å². The molecule has 0 aliphatic carbocycles. The van der Waals surface area contributed by atoms with E-state index in [4.69, 9.17) is 4.74 Å². The zero-order valence-corrected chi connectivity index (χ0v) is 13.3. The number of aryl methyl sites for hydroxylation is 2. The largest absolute Gasteiger partial charge is 0.487 e. The van der Waals surface area contributed by atoms with Crippen LogP contribution in [-0.2, 0) is 13.2 Å². The van der Waals surface area contributed by atoms with Gasteiger partial charge in [0.25, 0.3) is 0 Å². The maximum absolute atomic E-state index is 11.1. The summed E-state index contributed by atoms with van der Waals surface area (Å²) in [5.41, 5.74) is 2.29. The van der Waals surface area contributed by atoms with Gasteiger partial charge in [-0.25, -0.2) is 4.68 Å². The van der Waals surface area contributed by atoms with Crippen LogP contribution < -0.4 is 4.74 Å². The van der Waals surface area contributed by atoms with Crippen molar-refractivity contribution in [2.75, 3.05) is 0 Å². The Kier molecular flexibility index (Phi) is 6.13. The molecule has 118 valence electrons. The smallest absolute Gasteiger partial charge is 0.172 e. The summed E-state index contributed by atoms with van der Waals surface area (Å²) in [5.74, 6) is 0.779. The molecular weight excluding hydrogens is 278 g/mol. The molecule has 0 atom stereocenters. The summed E-state index contributed by atoms with van der Waals surface area (Å²) in [6, 6.07) is 7.84. The van der Waals surface area contributed by atoms with E-state index in [0.717, 1.165) is 37.1 Å². The van der Waals surface area contributed by atoms with E-state index < -0.39 is 0 Å². The summed E-state index contributed by atoms with van der Waals surface area (Å²) in [5, 5.41) is 7.99. The van der Waals surface area contributed by atoms with Gasteiger partial charge in [-0.15, -0.1) is 5.10 Å². The van der Waals surface area contributed by atoms with Crippen molar-refractivity contribution >= 4 is 6.29 Å². The molecule has 0 aliphatic rings. The third kappa shape index (κ3) is 4.41. The molecule has 0 aliphatic heterocycles. The van der Waals surface area contributed by atoms with Gasteiger partial charge < -0.3 is 4.74 Å². The van der Waals surface area contributed by atoms with Crippen LogP contribution in [0.5, 0.6) is 5.75 Å². The number of ether oxygens (including phenoxy) is 1. The van der Waals surface area contributed by atoms with E-state index >= 15 is 0 Å². The lowest BCUT2D eigenvalue weighted by atomic mass is 10.2. The van der Waals surface area contributed by atoms with E-state index in [2.05, 4.69) is 17.2 Å². The van der Waals surface area contributed by atoms with Gasteiger partial charge in [0.05, 0.1) is 0 Å². The number of hydrogen-bond donors (Lipinski definition) is 0. The van der Waals surface area contributed by atoms with Crippen molar-refractivity contribution in [1.29, 1.82) is 0 Å². The van der Waals surface area contributed by atoms with Gasteiger partial charge in [0, 0.05) is 6.54 Å². The minimum atomic E-state index is 0.303. The Balaban J connectivity index is 1.99. The summed E-state index contributed by atoms with van der Waals surface area (Å²) >= 11 is 0. The van der Waals surface area contributed by atoms with Crippen LogP contribution in [0.2, 0.25) is 0 Å². The molecule has 0 fully saturated rings. The highest BCUT2D eigenvalue weighted by molar-refractivity contribution is 5.73. The third-order valence-electron chi connectivity index (χ3n) is 3.60. The SMILES string of the molecule is CCCCCCn1nnc(C=O)c1COc1ccc(C)cc1. The molecule has 2 rings (SSSR count). The predicted octanol–water partition coefficient (Wildman–Crippen LogP) is 3.56. The van der Waals surface area contributed by atoms with E-state index in [1.165, 1.54) is 18.4 Å². The van der Waals surface area contributed by atoms with E-state index in [1.54, 1.807) is 4.68 Å². The van der Waals surface area contributed by atoms with Crippen molar-refractivity contribution in [3.05, 3.63) is 41.2 Å². The molecule has 0 radical (unpaired) electrons. The number of aromatic nitrogens is 3. The summed E-state index contributed by atoms with van der Waals surface area (Å²) in [7, 11) is 0. The van der Waals surface area contributed by atoms with Crippen LogP contribution in [-0.4, -0.2) is 21.3 Å². The molecule has 0 saturated carbocycles. The standard InChI is InChI=1S/C17H23N3O2/c1-3-4-5-6-11-20-17(16(12-21)18-19-20)13-22-15-9-7-14(2)8-10-15/h7-10,12H,3-6,11,13H2,1-2H3. The van der Waals surface area contributed by atoms with Gasteiger partial charge in [-0.3, -0.25) is 4.79 Å². The summed E-state index contributed by atoms with van der Waals surface area (Å²) < 4.78 is 7.54. The van der Waals surface area contributed by atoms with Gasteiger partial charge in [-0.1, -0.05) is 49.1 Å². The lowest BCUT2D eigenvalue weighted by Crippen LogP contribution is -2.09. The Morgan fingerprint density at radius 1 is 1.18 bits per heavy atom. The zero-order valence-electron chi connectivity index (χ0n) is 13.3. The number of hydrogen-bond acceptors (Lipinski definition) is 4. The predicted molar refractivity (Wildman–Crippen MR) is 85.1 cm³/mol. The molecule has 0 N–H and O–H groups in total. The Hall–Kier alpha value is -2.17. The highest BCUT2D eigenvalue weighted by atomic mass is 16.5. The van der Waals surface area contributed by atoms with Crippen LogP contribution in [0.1, 0.15) is 54.4 Å².